The molecule has 5 aromatic rings. The van der Waals surface area contributed by atoms with Crippen molar-refractivity contribution in [1.82, 2.24) is 0 Å². The Morgan fingerprint density at radius 3 is 0.800 bits per heavy atom. The molecule has 0 spiro atoms. The summed E-state index contributed by atoms with van der Waals surface area (Å²) >= 11 is 0. The lowest BCUT2D eigenvalue weighted by atomic mass is 9.87. The van der Waals surface area contributed by atoms with Gasteiger partial charge >= 0.3 is 0 Å². The summed E-state index contributed by atoms with van der Waals surface area (Å²) in [5.41, 5.74) is 1.82. The molecule has 5 rings (SSSR count). The average molecular weight is 378 g/mol. The molecule has 0 amide bonds. The summed E-state index contributed by atoms with van der Waals surface area (Å²) in [6.07, 6.45) is 0. The zero-order valence-electron chi connectivity index (χ0n) is 15.6. The van der Waals surface area contributed by atoms with Gasteiger partial charge < -0.3 is 0 Å². The molecule has 4 nitrogen and oxygen atoms in total. The van der Waals surface area contributed by atoms with Crippen LogP contribution in [0.3, 0.4) is 0 Å². The Balaban J connectivity index is 2.17. The fourth-order valence-corrected chi connectivity index (χ4v) is 4.33. The second-order valence-corrected chi connectivity index (χ2v) is 6.98. The van der Waals surface area contributed by atoms with E-state index in [0.29, 0.717) is 65.3 Å². The zero-order valence-corrected chi connectivity index (χ0v) is 15.6. The van der Waals surface area contributed by atoms with Crippen molar-refractivity contribution in [3.8, 4) is 24.3 Å². The second kappa shape index (κ2) is 6.32. The van der Waals surface area contributed by atoms with Gasteiger partial charge in [0.1, 0.15) is 24.3 Å². The van der Waals surface area contributed by atoms with Crippen molar-refractivity contribution in [2.75, 3.05) is 0 Å². The fraction of sp³-hybridized carbons (Fsp3) is 0. The highest BCUT2D eigenvalue weighted by Crippen LogP contribution is 2.39. The van der Waals surface area contributed by atoms with Crippen molar-refractivity contribution in [2.45, 2.75) is 0 Å². The molecule has 0 aliphatic heterocycles. The first-order chi connectivity index (χ1) is 14.7. The fourth-order valence-electron chi connectivity index (χ4n) is 4.33. The quantitative estimate of drug-likeness (QED) is 0.319. The van der Waals surface area contributed by atoms with E-state index in [1.807, 2.05) is 48.5 Å². The lowest BCUT2D eigenvalue weighted by Crippen LogP contribution is -1.94. The molecule has 0 aromatic heterocycles. The van der Waals surface area contributed by atoms with E-state index in [-0.39, 0.29) is 0 Å². The number of nitrogens with zero attached hydrogens (tertiary/aromatic N) is 4. The Bertz CT molecular complexity index is 1480. The number of fused-ring (bicyclic) bond motifs is 4. The predicted octanol–water partition coefficient (Wildman–Crippen LogP) is 5.79. The summed E-state index contributed by atoms with van der Waals surface area (Å²) in [6, 6.07) is 27.3. The molecule has 0 heterocycles. The van der Waals surface area contributed by atoms with Gasteiger partial charge in [0.05, 0.1) is 22.3 Å². The number of nitriles is 4. The van der Waals surface area contributed by atoms with Crippen molar-refractivity contribution < 1.29 is 0 Å². The minimum absolute atomic E-state index is 0.456. The number of rotatable bonds is 0. The first kappa shape index (κ1) is 17.2. The van der Waals surface area contributed by atoms with Crippen molar-refractivity contribution in [3.05, 3.63) is 82.9 Å². The average Bonchev–Trinajstić information content (AvgIpc) is 2.79. The van der Waals surface area contributed by atoms with Crippen molar-refractivity contribution in [2.24, 2.45) is 0 Å². The van der Waals surface area contributed by atoms with Crippen molar-refractivity contribution in [1.29, 1.82) is 21.0 Å². The highest BCUT2D eigenvalue weighted by atomic mass is 14.3. The first-order valence-corrected chi connectivity index (χ1v) is 9.20. The van der Waals surface area contributed by atoms with Crippen LogP contribution in [0.15, 0.2) is 60.7 Å². The predicted molar refractivity (Wildman–Crippen MR) is 115 cm³/mol. The highest BCUT2D eigenvalue weighted by Gasteiger charge is 2.19. The van der Waals surface area contributed by atoms with Crippen LogP contribution < -0.4 is 0 Å². The third-order valence-corrected chi connectivity index (χ3v) is 5.61. The molecule has 5 aromatic carbocycles. The van der Waals surface area contributed by atoms with Gasteiger partial charge in [-0.05, 0) is 12.1 Å². The molecular formula is C26H10N4. The van der Waals surface area contributed by atoms with Gasteiger partial charge in [-0.2, -0.15) is 21.0 Å². The van der Waals surface area contributed by atoms with Crippen LogP contribution in [0.25, 0.3) is 43.1 Å². The maximum absolute atomic E-state index is 9.92. The molecule has 0 radical (unpaired) electrons. The minimum Gasteiger partial charge on any atom is -0.192 e. The van der Waals surface area contributed by atoms with Crippen LogP contribution in [0.2, 0.25) is 0 Å². The molecule has 0 fully saturated rings. The van der Waals surface area contributed by atoms with Gasteiger partial charge in [0.2, 0.25) is 0 Å². The van der Waals surface area contributed by atoms with Gasteiger partial charge in [-0.3, -0.25) is 0 Å². The Morgan fingerprint density at radius 2 is 0.600 bits per heavy atom. The van der Waals surface area contributed by atoms with Crippen LogP contribution in [0.5, 0.6) is 0 Å². The maximum Gasteiger partial charge on any atom is 0.100 e. The van der Waals surface area contributed by atoms with E-state index in [2.05, 4.69) is 24.3 Å². The largest absolute Gasteiger partial charge is 0.192 e. The van der Waals surface area contributed by atoms with Gasteiger partial charge in [0, 0.05) is 43.1 Å². The molecule has 0 unspecified atom stereocenters. The third kappa shape index (κ3) is 2.11. The molecule has 30 heavy (non-hydrogen) atoms. The summed E-state index contributed by atoms with van der Waals surface area (Å²) in [7, 11) is 0. The topological polar surface area (TPSA) is 95.2 Å². The first-order valence-electron chi connectivity index (χ1n) is 9.20. The second-order valence-electron chi connectivity index (χ2n) is 6.98. The molecule has 0 N–H and O–H groups in total. The molecule has 0 aliphatic carbocycles. The smallest absolute Gasteiger partial charge is 0.100 e. The van der Waals surface area contributed by atoms with Crippen molar-refractivity contribution >= 4 is 43.1 Å². The molecule has 134 valence electrons. The van der Waals surface area contributed by atoms with E-state index in [4.69, 9.17) is 0 Å². The van der Waals surface area contributed by atoms with Gasteiger partial charge in [0.15, 0.2) is 0 Å². The molecule has 0 atom stereocenters. The number of hydrogen-bond acceptors (Lipinski definition) is 4. The van der Waals surface area contributed by atoms with Gasteiger partial charge in [0.25, 0.3) is 0 Å². The van der Waals surface area contributed by atoms with E-state index < -0.39 is 0 Å². The molecule has 0 aliphatic rings. The highest BCUT2D eigenvalue weighted by molar-refractivity contribution is 6.18. The van der Waals surface area contributed by atoms with Crippen LogP contribution in [0.1, 0.15) is 22.3 Å². The van der Waals surface area contributed by atoms with Crippen LogP contribution in [0, 0.1) is 45.3 Å². The summed E-state index contributed by atoms with van der Waals surface area (Å²) in [4.78, 5) is 0. The lowest BCUT2D eigenvalue weighted by molar-refractivity contribution is 1.50. The van der Waals surface area contributed by atoms with E-state index in [1.54, 1.807) is 12.1 Å². The maximum atomic E-state index is 9.92. The Hall–Kier alpha value is -4.90. The zero-order chi connectivity index (χ0) is 20.8. The van der Waals surface area contributed by atoms with E-state index in [1.165, 1.54) is 0 Å². The number of hydrogen-bond donors (Lipinski definition) is 0. The third-order valence-electron chi connectivity index (χ3n) is 5.61. The van der Waals surface area contributed by atoms with E-state index in [0.717, 1.165) is 0 Å². The Labute approximate surface area is 171 Å². The van der Waals surface area contributed by atoms with Gasteiger partial charge in [-0.25, -0.2) is 0 Å². The van der Waals surface area contributed by atoms with E-state index >= 15 is 0 Å². The van der Waals surface area contributed by atoms with Gasteiger partial charge in [-0.1, -0.05) is 48.5 Å². The molecule has 0 saturated carbocycles. The van der Waals surface area contributed by atoms with Crippen LogP contribution in [-0.4, -0.2) is 0 Å². The standard InChI is InChI=1S/C26H10N4/c27-11-23-15-5-1-2-6-16(15)24(12-28)20-10-22-21(9-19(20)23)25(13-29)17-7-3-4-8-18(17)26(22)14-30/h1-10H. The minimum atomic E-state index is 0.456. The summed E-state index contributed by atoms with van der Waals surface area (Å²) in [6.45, 7) is 0. The number of benzene rings is 5. The molecular weight excluding hydrogens is 368 g/mol. The molecule has 0 saturated heterocycles. The lowest BCUT2D eigenvalue weighted by Gasteiger charge is -2.13. The Kier molecular flexibility index (Phi) is 3.63. The SMILES string of the molecule is N#Cc1c2ccccc2c(C#N)c2cc3c(C#N)c4ccccc4c(C#N)c3cc12. The molecule has 0 bridgehead atoms. The van der Waals surface area contributed by atoms with E-state index in [9.17, 15) is 21.0 Å². The van der Waals surface area contributed by atoms with Crippen molar-refractivity contribution in [3.63, 3.8) is 0 Å². The summed E-state index contributed by atoms with van der Waals surface area (Å²) < 4.78 is 0. The Morgan fingerprint density at radius 1 is 0.367 bits per heavy atom. The molecule has 4 heteroatoms. The van der Waals surface area contributed by atoms with Gasteiger partial charge in [-0.15, -0.1) is 0 Å². The van der Waals surface area contributed by atoms with Crippen LogP contribution in [0.4, 0.5) is 0 Å². The summed E-state index contributed by atoms with van der Waals surface area (Å²) in [5, 5.41) is 44.9. The normalized spacial score (nSPS) is 10.5. The van der Waals surface area contributed by atoms with Crippen LogP contribution in [-0.2, 0) is 0 Å². The van der Waals surface area contributed by atoms with Crippen LogP contribution >= 0.6 is 0 Å². The summed E-state index contributed by atoms with van der Waals surface area (Å²) in [5.74, 6) is 0. The monoisotopic (exact) mass is 378 g/mol.